The smallest absolute Gasteiger partial charge is 0.349 e. The molecule has 0 amide bonds. The summed E-state index contributed by atoms with van der Waals surface area (Å²) >= 11 is 0. The number of unbranched alkanes of at least 4 members (excludes halogenated alkanes) is 1. The molecule has 8 N–H and O–H groups in total. The molecule has 142 heavy (non-hydrogen) atoms. The molecule has 0 saturated heterocycles. The quantitative estimate of drug-likeness (QED) is 0.0143. The van der Waals surface area contributed by atoms with E-state index in [0.29, 0.717) is 112 Å². The molecule has 0 saturated carbocycles. The largest absolute Gasteiger partial charge is 0.396 e. The molecule has 3 atom stereocenters. The number of benzene rings is 11. The minimum absolute atomic E-state index is 0.106. The third-order valence-corrected chi connectivity index (χ3v) is 25.9. The lowest BCUT2D eigenvalue weighted by Crippen LogP contribution is -2.33. The van der Waals surface area contributed by atoms with Crippen molar-refractivity contribution in [2.24, 2.45) is 0 Å². The van der Waals surface area contributed by atoms with Gasteiger partial charge >= 0.3 is 22.8 Å². The first-order chi connectivity index (χ1) is 68.7. The SMILES string of the molecule is Cc1cc2nc3c(=O)[nH]c(=O)nc-3n(CCN(CCCCO)Cc3ccccc3)c2cc1C.Cc1cc2nc3c(=O)[nH]c(=O)nc-3n(CCN(Cc3ccccc3)C[C@@H](O)c3ccccc3)c2cc1C.Cc1cc2nc3c(=O)[nH]c(=O)nc-3n(CCN(Cc3ccccc3)C[C@H](O)c3ccccc3)c2cc1C.Cc1cc2nc3c(=O)[nH]c(=O)nc-3n(CCNC(Cc3ccccc3)c3ccccc3)c2cc1C. The average molecular weight is 1900 g/mol. The molecular formula is C111H114N20O11. The molecule has 0 spiro atoms. The van der Waals surface area contributed by atoms with E-state index in [9.17, 15) is 53.7 Å². The Hall–Kier alpha value is -15.7. The van der Waals surface area contributed by atoms with Gasteiger partial charge in [-0.1, -0.05) is 212 Å². The Morgan fingerprint density at radius 1 is 0.303 bits per heavy atom. The second-order valence-corrected chi connectivity index (χ2v) is 36.0. The fraction of sp³-hybridized carbons (Fsp3) is 0.261. The van der Waals surface area contributed by atoms with E-state index in [-0.39, 0.29) is 47.1 Å². The highest BCUT2D eigenvalue weighted by Crippen LogP contribution is 2.31. The first-order valence-electron chi connectivity index (χ1n) is 47.6. The summed E-state index contributed by atoms with van der Waals surface area (Å²) in [6.45, 7) is 24.4. The van der Waals surface area contributed by atoms with Crippen molar-refractivity contribution in [1.82, 2.24) is 98.1 Å². The van der Waals surface area contributed by atoms with Crippen molar-refractivity contribution in [1.29, 1.82) is 0 Å². The van der Waals surface area contributed by atoms with Crippen molar-refractivity contribution >= 4 is 44.1 Å². The van der Waals surface area contributed by atoms with E-state index in [2.05, 4.69) is 153 Å². The number of hydrogen-bond acceptors (Lipinski definition) is 23. The molecule has 8 aliphatic heterocycles. The zero-order chi connectivity index (χ0) is 99.6. The maximum absolute atomic E-state index is 12.6. The van der Waals surface area contributed by atoms with Crippen LogP contribution in [0.15, 0.2) is 299 Å². The number of aromatic nitrogens is 16. The van der Waals surface area contributed by atoms with E-state index in [4.69, 9.17) is 0 Å². The van der Waals surface area contributed by atoms with Gasteiger partial charge in [0.05, 0.1) is 56.3 Å². The van der Waals surface area contributed by atoms with Crippen LogP contribution in [0.5, 0.6) is 0 Å². The van der Waals surface area contributed by atoms with Gasteiger partial charge in [-0.25, -0.2) is 39.1 Å². The van der Waals surface area contributed by atoms with E-state index >= 15 is 0 Å². The van der Waals surface area contributed by atoms with Crippen LogP contribution in [0.1, 0.15) is 115 Å². The Morgan fingerprint density at radius 3 is 0.866 bits per heavy atom. The summed E-state index contributed by atoms with van der Waals surface area (Å²) < 4.78 is 7.66. The average Bonchev–Trinajstić information content (AvgIpc) is 0.768. The van der Waals surface area contributed by atoms with Gasteiger partial charge in [-0.3, -0.25) is 53.8 Å². The third-order valence-electron chi connectivity index (χ3n) is 25.9. The number of H-pyrrole nitrogens is 4. The molecule has 724 valence electrons. The number of aromatic amines is 4. The van der Waals surface area contributed by atoms with Crippen LogP contribution in [0.2, 0.25) is 0 Å². The van der Waals surface area contributed by atoms with Gasteiger partial charge in [-0.05, 0) is 213 Å². The van der Waals surface area contributed by atoms with Crippen LogP contribution < -0.4 is 50.3 Å². The van der Waals surface area contributed by atoms with Crippen LogP contribution >= 0.6 is 0 Å². The summed E-state index contributed by atoms with van der Waals surface area (Å²) in [6, 6.07) is 86.4. The molecule has 8 aliphatic rings. The van der Waals surface area contributed by atoms with Crippen molar-refractivity contribution in [3.05, 3.63) is 428 Å². The van der Waals surface area contributed by atoms with E-state index in [0.717, 1.165) is 121 Å². The highest BCUT2D eigenvalue weighted by molar-refractivity contribution is 5.84. The first kappa shape index (κ1) is 99.3. The van der Waals surface area contributed by atoms with E-state index in [1.54, 1.807) is 0 Å². The number of aliphatic hydroxyl groups excluding tert-OH is 3. The number of nitrogens with one attached hydrogen (secondary N) is 5. The summed E-state index contributed by atoms with van der Waals surface area (Å²) in [5.41, 5.74) is 18.0. The van der Waals surface area contributed by atoms with Crippen LogP contribution in [-0.2, 0) is 52.2 Å². The van der Waals surface area contributed by atoms with Crippen LogP contribution in [0.3, 0.4) is 0 Å². The Kier molecular flexibility index (Phi) is 32.1. The highest BCUT2D eigenvalue weighted by Gasteiger charge is 2.28. The lowest BCUT2D eigenvalue weighted by atomic mass is 9.99. The molecular weight excluding hydrogens is 1790 g/mol. The van der Waals surface area contributed by atoms with Crippen molar-refractivity contribution in [3.8, 4) is 46.1 Å². The summed E-state index contributed by atoms with van der Waals surface area (Å²) in [7, 11) is 0. The van der Waals surface area contributed by atoms with Gasteiger partial charge in [0.1, 0.15) is 0 Å². The van der Waals surface area contributed by atoms with E-state index in [1.807, 2.05) is 262 Å². The molecule has 19 rings (SSSR count). The van der Waals surface area contributed by atoms with E-state index < -0.39 is 57.2 Å². The molecule has 0 fully saturated rings. The van der Waals surface area contributed by atoms with Crippen LogP contribution in [-0.4, -0.2) is 161 Å². The highest BCUT2D eigenvalue weighted by atomic mass is 16.3. The fourth-order valence-electron chi connectivity index (χ4n) is 17.8. The predicted molar refractivity (Wildman–Crippen MR) is 554 cm³/mol. The Bertz CT molecular complexity index is 7740. The number of rotatable bonds is 32. The van der Waals surface area contributed by atoms with Crippen molar-refractivity contribution < 1.29 is 15.3 Å². The van der Waals surface area contributed by atoms with Gasteiger partial charge in [0.15, 0.2) is 46.1 Å². The Balaban J connectivity index is 0.000000136. The molecule has 11 aromatic carbocycles. The summed E-state index contributed by atoms with van der Waals surface area (Å²) in [6.07, 6.45) is 1.13. The van der Waals surface area contributed by atoms with E-state index in [1.165, 1.54) is 16.7 Å². The van der Waals surface area contributed by atoms with Crippen molar-refractivity contribution in [2.75, 3.05) is 52.4 Å². The monoisotopic (exact) mass is 1900 g/mol. The lowest BCUT2D eigenvalue weighted by Gasteiger charge is -2.27. The normalized spacial score (nSPS) is 12.2. The van der Waals surface area contributed by atoms with Gasteiger partial charge in [-0.2, -0.15) is 19.9 Å². The standard InChI is InChI=1S/2C29H29N5O3.C28H27N5O2.C25H29N5O3/c2*1-19-15-23-24(16-20(19)2)34(27-26(30-23)28(36)32-29(37)31-27)14-13-33(17-21-9-5-3-6-10-21)18-25(35)22-11-7-4-8-12-22;1-18-15-23-24(16-19(18)2)33(26-25(30-23)27(34)32-28(35)31-26)14-13-29-22(21-11-7-4-8-12-21)17-20-9-5-3-6-10-20;1-17-14-20-21(15-18(17)2)30(23-22(26-20)24(32)28-25(33)27-23)12-11-29(10-6-7-13-31)16-19-8-4-3-5-9-19/h2*3-12,15-16,25,35H,13-14,17-18H2,1-2H3,(H,32,36,37);3-12,15-16,22,29H,13-14,17H2,1-2H3,(H,32,34,35);3-5,8-9,14-15,31H,6-7,10-13,16H2,1-2H3,(H,28,32,33)/t2*25-;;/m10../s1. The minimum Gasteiger partial charge on any atom is -0.396 e. The number of fused-ring (bicyclic) bond motifs is 8. The number of aryl methyl sites for hydroxylation is 8. The number of hydrogen-bond donors (Lipinski definition) is 8. The Morgan fingerprint density at radius 2 is 0.563 bits per heavy atom. The Labute approximate surface area is 817 Å². The molecule has 8 heterocycles. The minimum atomic E-state index is -0.697. The van der Waals surface area contributed by atoms with Gasteiger partial charge in [-0.15, -0.1) is 0 Å². The second-order valence-electron chi connectivity index (χ2n) is 36.0. The maximum atomic E-state index is 12.6. The number of nitrogens with zero attached hydrogens (tertiary/aromatic N) is 15. The molecule has 11 aromatic rings. The van der Waals surface area contributed by atoms with Crippen molar-refractivity contribution in [3.63, 3.8) is 0 Å². The maximum Gasteiger partial charge on any atom is 0.349 e. The summed E-state index contributed by atoms with van der Waals surface area (Å²) in [4.78, 5) is 149. The zero-order valence-electron chi connectivity index (χ0n) is 80.6. The predicted octanol–water partition coefficient (Wildman–Crippen LogP) is 13.1. The lowest BCUT2D eigenvalue weighted by molar-refractivity contribution is 0.107. The second kappa shape index (κ2) is 45.9. The van der Waals surface area contributed by atoms with Gasteiger partial charge in [0, 0.05) is 97.7 Å². The van der Waals surface area contributed by atoms with Gasteiger partial charge in [0.2, 0.25) is 0 Å². The molecule has 0 aromatic heterocycles. The third kappa shape index (κ3) is 24.4. The molecule has 31 heteroatoms. The van der Waals surface area contributed by atoms with Gasteiger partial charge in [0.25, 0.3) is 22.2 Å². The molecule has 0 aliphatic carbocycles. The molecule has 0 radical (unpaired) electrons. The molecule has 1 unspecified atom stereocenters. The van der Waals surface area contributed by atoms with Crippen molar-refractivity contribution in [2.45, 2.75) is 139 Å². The summed E-state index contributed by atoms with van der Waals surface area (Å²) in [5, 5.41) is 34.9. The summed E-state index contributed by atoms with van der Waals surface area (Å²) in [5.74, 6) is 1.12. The van der Waals surface area contributed by atoms with Crippen LogP contribution in [0.25, 0.3) is 90.2 Å². The van der Waals surface area contributed by atoms with Crippen LogP contribution in [0.4, 0.5) is 0 Å². The van der Waals surface area contributed by atoms with Crippen LogP contribution in [0, 0.1) is 55.4 Å². The first-order valence-corrected chi connectivity index (χ1v) is 47.6. The zero-order valence-corrected chi connectivity index (χ0v) is 80.6. The molecule has 31 nitrogen and oxygen atoms in total. The fourth-order valence-corrected chi connectivity index (χ4v) is 17.8. The topological polar surface area (TPSA) is 405 Å². The number of aliphatic hydroxyl groups is 3. The van der Waals surface area contributed by atoms with Gasteiger partial charge < -0.3 is 38.9 Å². The molecule has 0 bridgehead atoms.